The van der Waals surface area contributed by atoms with Crippen molar-refractivity contribution in [1.29, 1.82) is 0 Å². The number of hydrogen-bond donors (Lipinski definition) is 1. The highest BCUT2D eigenvalue weighted by Gasteiger charge is 2.28. The predicted octanol–water partition coefficient (Wildman–Crippen LogP) is 3.38. The zero-order valence-electron chi connectivity index (χ0n) is 13.7. The zero-order valence-corrected chi connectivity index (χ0v) is 16.2. The molecule has 1 aliphatic heterocycles. The average Bonchev–Trinajstić information content (AvgIpc) is 2.87. The summed E-state index contributed by atoms with van der Waals surface area (Å²) in [4.78, 5) is 20.3. The van der Waals surface area contributed by atoms with E-state index < -0.39 is 0 Å². The lowest BCUT2D eigenvalue weighted by Crippen LogP contribution is -2.42. The third-order valence-corrected chi connectivity index (χ3v) is 5.61. The van der Waals surface area contributed by atoms with Crippen LogP contribution in [0.3, 0.4) is 0 Å². The van der Waals surface area contributed by atoms with Gasteiger partial charge >= 0.3 is 0 Å². The van der Waals surface area contributed by atoms with Crippen LogP contribution in [0, 0.1) is 12.8 Å². The van der Waals surface area contributed by atoms with E-state index in [1.165, 1.54) is 4.88 Å². The maximum atomic E-state index is 12.6. The van der Waals surface area contributed by atoms with Crippen LogP contribution in [-0.4, -0.2) is 35.9 Å². The van der Waals surface area contributed by atoms with E-state index >= 15 is 0 Å². The number of carbonyl (C=O) groups excluding carboxylic acids is 1. The second-order valence-corrected chi connectivity index (χ2v) is 6.69. The minimum atomic E-state index is 0. The Balaban J connectivity index is 0.00000220. The third kappa shape index (κ3) is 4.82. The summed E-state index contributed by atoms with van der Waals surface area (Å²) in [5.41, 5.74) is 1.07. The lowest BCUT2D eigenvalue weighted by Gasteiger charge is -2.30. The van der Waals surface area contributed by atoms with E-state index in [1.54, 1.807) is 11.3 Å². The van der Waals surface area contributed by atoms with E-state index in [4.69, 9.17) is 0 Å². The molecule has 0 radical (unpaired) electrons. The Labute approximate surface area is 149 Å². The minimum Gasteiger partial charge on any atom is -0.338 e. The Hall–Kier alpha value is -0.360. The summed E-state index contributed by atoms with van der Waals surface area (Å²) in [6.45, 7) is 8.13. The van der Waals surface area contributed by atoms with E-state index in [-0.39, 0.29) is 42.7 Å². The fraction of sp³-hybridized carbons (Fsp3) is 0.733. The summed E-state index contributed by atoms with van der Waals surface area (Å²) >= 11 is 1.74. The highest BCUT2D eigenvalue weighted by atomic mass is 35.5. The van der Waals surface area contributed by atoms with Crippen molar-refractivity contribution in [2.45, 2.75) is 46.1 Å². The number of thiazole rings is 1. The van der Waals surface area contributed by atoms with Gasteiger partial charge in [0.2, 0.25) is 5.91 Å². The standard InChI is InChI=1S/C15H25N3OS.2ClH/c1-5-13-17-10(2)14(20-13)11(3)18(4)15(19)12-7-6-8-16-9-12;;/h11-12,16H,5-9H2,1-4H3;2*1H. The molecule has 1 fully saturated rings. The molecule has 1 saturated heterocycles. The number of amides is 1. The smallest absolute Gasteiger partial charge is 0.227 e. The summed E-state index contributed by atoms with van der Waals surface area (Å²) in [5, 5.41) is 4.47. The molecule has 4 nitrogen and oxygen atoms in total. The van der Waals surface area contributed by atoms with E-state index in [2.05, 4.69) is 24.1 Å². The summed E-state index contributed by atoms with van der Waals surface area (Å²) in [6, 6.07) is 0.113. The molecule has 0 bridgehead atoms. The minimum absolute atomic E-state index is 0. The van der Waals surface area contributed by atoms with E-state index in [0.29, 0.717) is 0 Å². The normalized spacial score (nSPS) is 18.8. The van der Waals surface area contributed by atoms with Crippen molar-refractivity contribution in [3.05, 3.63) is 15.6 Å². The maximum absolute atomic E-state index is 12.6. The van der Waals surface area contributed by atoms with Crippen molar-refractivity contribution < 1.29 is 4.79 Å². The Kier molecular flexibility index (Phi) is 9.55. The third-order valence-electron chi connectivity index (χ3n) is 4.13. The number of aromatic nitrogens is 1. The van der Waals surface area contributed by atoms with Gasteiger partial charge in [0.1, 0.15) is 0 Å². The first-order valence-electron chi connectivity index (χ1n) is 7.48. The Morgan fingerprint density at radius 3 is 2.68 bits per heavy atom. The van der Waals surface area contributed by atoms with Crippen LogP contribution in [0.4, 0.5) is 0 Å². The van der Waals surface area contributed by atoms with Gasteiger partial charge in [0.25, 0.3) is 0 Å². The molecule has 1 aromatic heterocycles. The van der Waals surface area contributed by atoms with Crippen LogP contribution < -0.4 is 5.32 Å². The molecular formula is C15H27Cl2N3OS. The molecular weight excluding hydrogens is 341 g/mol. The van der Waals surface area contributed by atoms with Gasteiger partial charge in [-0.2, -0.15) is 0 Å². The molecule has 2 heterocycles. The molecule has 1 amide bonds. The molecule has 22 heavy (non-hydrogen) atoms. The molecule has 0 aliphatic carbocycles. The molecule has 2 unspecified atom stereocenters. The van der Waals surface area contributed by atoms with Crippen molar-refractivity contribution >= 4 is 42.1 Å². The van der Waals surface area contributed by atoms with E-state index in [9.17, 15) is 4.79 Å². The van der Waals surface area contributed by atoms with Gasteiger partial charge < -0.3 is 10.2 Å². The molecule has 2 atom stereocenters. The number of piperidine rings is 1. The molecule has 0 spiro atoms. The fourth-order valence-corrected chi connectivity index (χ4v) is 3.82. The Morgan fingerprint density at radius 2 is 2.18 bits per heavy atom. The number of nitrogens with zero attached hydrogens (tertiary/aromatic N) is 2. The second kappa shape index (κ2) is 9.71. The highest BCUT2D eigenvalue weighted by Crippen LogP contribution is 2.30. The van der Waals surface area contributed by atoms with Gasteiger partial charge in [-0.15, -0.1) is 36.2 Å². The predicted molar refractivity (Wildman–Crippen MR) is 97.5 cm³/mol. The van der Waals surface area contributed by atoms with Crippen LogP contribution >= 0.6 is 36.2 Å². The van der Waals surface area contributed by atoms with Gasteiger partial charge in [0.05, 0.1) is 22.7 Å². The number of rotatable bonds is 4. The highest BCUT2D eigenvalue weighted by molar-refractivity contribution is 7.11. The maximum Gasteiger partial charge on any atom is 0.227 e. The first-order valence-corrected chi connectivity index (χ1v) is 8.29. The molecule has 1 N–H and O–H groups in total. The summed E-state index contributed by atoms with van der Waals surface area (Å²) < 4.78 is 0. The van der Waals surface area contributed by atoms with Crippen LogP contribution in [0.5, 0.6) is 0 Å². The largest absolute Gasteiger partial charge is 0.338 e. The van der Waals surface area contributed by atoms with Gasteiger partial charge in [0, 0.05) is 18.5 Å². The molecule has 128 valence electrons. The van der Waals surface area contributed by atoms with Gasteiger partial charge in [-0.1, -0.05) is 6.92 Å². The monoisotopic (exact) mass is 367 g/mol. The number of aryl methyl sites for hydroxylation is 2. The van der Waals surface area contributed by atoms with E-state index in [1.807, 2.05) is 18.9 Å². The molecule has 7 heteroatoms. The SMILES string of the molecule is CCc1nc(C)c(C(C)N(C)C(=O)C2CCCNC2)s1.Cl.Cl. The van der Waals surface area contributed by atoms with Crippen molar-refractivity contribution in [3.8, 4) is 0 Å². The van der Waals surface area contributed by atoms with Crippen LogP contribution in [0.15, 0.2) is 0 Å². The number of halogens is 2. The molecule has 0 aromatic carbocycles. The van der Waals surface area contributed by atoms with Gasteiger partial charge in [0.15, 0.2) is 0 Å². The first kappa shape index (κ1) is 21.6. The molecule has 1 aliphatic rings. The Morgan fingerprint density at radius 1 is 1.50 bits per heavy atom. The number of carbonyl (C=O) groups is 1. The van der Waals surface area contributed by atoms with Gasteiger partial charge in [-0.25, -0.2) is 4.98 Å². The second-order valence-electron chi connectivity index (χ2n) is 5.58. The zero-order chi connectivity index (χ0) is 14.7. The summed E-state index contributed by atoms with van der Waals surface area (Å²) in [7, 11) is 1.92. The first-order chi connectivity index (χ1) is 9.54. The van der Waals surface area contributed by atoms with Crippen molar-refractivity contribution in [2.24, 2.45) is 5.92 Å². The molecule has 1 aromatic rings. The number of nitrogens with one attached hydrogen (secondary N) is 1. The average molecular weight is 368 g/mol. The molecule has 0 saturated carbocycles. The van der Waals surface area contributed by atoms with Crippen molar-refractivity contribution in [3.63, 3.8) is 0 Å². The number of hydrogen-bond acceptors (Lipinski definition) is 4. The quantitative estimate of drug-likeness (QED) is 0.886. The topological polar surface area (TPSA) is 45.2 Å². The van der Waals surface area contributed by atoms with Gasteiger partial charge in [-0.3, -0.25) is 4.79 Å². The molecule has 2 rings (SSSR count). The lowest BCUT2D eigenvalue weighted by molar-refractivity contribution is -0.136. The van der Waals surface area contributed by atoms with E-state index in [0.717, 1.165) is 43.1 Å². The van der Waals surface area contributed by atoms with Gasteiger partial charge in [-0.05, 0) is 39.7 Å². The summed E-state index contributed by atoms with van der Waals surface area (Å²) in [6.07, 6.45) is 3.06. The fourth-order valence-electron chi connectivity index (χ4n) is 2.72. The van der Waals surface area contributed by atoms with Crippen molar-refractivity contribution in [1.82, 2.24) is 15.2 Å². The summed E-state index contributed by atoms with van der Waals surface area (Å²) in [5.74, 6) is 0.394. The van der Waals surface area contributed by atoms with Crippen LogP contribution in [0.2, 0.25) is 0 Å². The van der Waals surface area contributed by atoms with Crippen LogP contribution in [0.1, 0.15) is 48.3 Å². The lowest BCUT2D eigenvalue weighted by atomic mass is 9.97. The van der Waals surface area contributed by atoms with Crippen LogP contribution in [0.25, 0.3) is 0 Å². The Bertz CT molecular complexity index is 475. The van der Waals surface area contributed by atoms with Crippen LogP contribution in [-0.2, 0) is 11.2 Å². The van der Waals surface area contributed by atoms with Crippen molar-refractivity contribution in [2.75, 3.05) is 20.1 Å².